The second-order valence-electron chi connectivity index (χ2n) is 14.4. The second kappa shape index (κ2) is 12.7. The number of aliphatic hydroxyl groups excluding tert-OH is 1. The molecule has 1 saturated heterocycles. The maximum absolute atomic E-state index is 13.8. The number of aliphatic hydroxyl groups is 1. The van der Waals surface area contributed by atoms with Gasteiger partial charge in [-0.3, -0.25) is 14.5 Å². The highest BCUT2D eigenvalue weighted by atomic mass is 16.6. The van der Waals surface area contributed by atoms with E-state index in [2.05, 4.69) is 53.1 Å². The van der Waals surface area contributed by atoms with Crippen LogP contribution in [0, 0.1) is 11.8 Å². The fraction of sp³-hybridized carbons (Fsp3) is 0.632. The Balaban J connectivity index is 1.06. The van der Waals surface area contributed by atoms with Crippen molar-refractivity contribution in [3.63, 3.8) is 0 Å². The summed E-state index contributed by atoms with van der Waals surface area (Å²) >= 11 is 0. The number of amides is 1. The van der Waals surface area contributed by atoms with Crippen molar-refractivity contribution in [2.75, 3.05) is 19.6 Å². The second-order valence-corrected chi connectivity index (χ2v) is 14.4. The Kier molecular flexibility index (Phi) is 8.68. The lowest BCUT2D eigenvalue weighted by molar-refractivity contribution is -0.142. The van der Waals surface area contributed by atoms with E-state index in [0.717, 1.165) is 70.2 Å². The van der Waals surface area contributed by atoms with Gasteiger partial charge in [-0.15, -0.1) is 0 Å². The summed E-state index contributed by atoms with van der Waals surface area (Å²) in [5, 5.41) is 10.1. The Morgan fingerprint density at radius 1 is 1.07 bits per heavy atom. The van der Waals surface area contributed by atoms with Gasteiger partial charge in [0, 0.05) is 49.4 Å². The number of likely N-dealkylation sites (N-methyl/N-ethyl adjacent to an activating group) is 1. The smallest absolute Gasteiger partial charge is 0.308 e. The number of piperidine rings is 1. The molecule has 7 atom stereocenters. The highest BCUT2D eigenvalue weighted by Crippen LogP contribution is 2.64. The van der Waals surface area contributed by atoms with E-state index in [-0.39, 0.29) is 35.5 Å². The highest BCUT2D eigenvalue weighted by molar-refractivity contribution is 5.77. The van der Waals surface area contributed by atoms with E-state index in [4.69, 9.17) is 9.47 Å². The van der Waals surface area contributed by atoms with E-state index >= 15 is 0 Å². The molecule has 1 amide bonds. The van der Waals surface area contributed by atoms with Gasteiger partial charge in [0.25, 0.3) is 0 Å². The molecule has 3 fully saturated rings. The Morgan fingerprint density at radius 2 is 1.84 bits per heavy atom. The number of esters is 1. The first-order valence-corrected chi connectivity index (χ1v) is 17.7. The van der Waals surface area contributed by atoms with Crippen LogP contribution in [0.1, 0.15) is 94.7 Å². The molecule has 45 heavy (non-hydrogen) atoms. The number of ether oxygens (including phenoxy) is 2. The van der Waals surface area contributed by atoms with Crippen molar-refractivity contribution < 1.29 is 24.2 Å². The molecule has 2 aromatic rings. The number of benzene rings is 2. The summed E-state index contributed by atoms with van der Waals surface area (Å²) in [5.41, 5.74) is 3.77. The van der Waals surface area contributed by atoms with E-state index in [0.29, 0.717) is 36.6 Å². The Hall–Kier alpha value is -2.90. The number of carbonyl (C=O) groups excluding carboxylic acids is 2. The van der Waals surface area contributed by atoms with Crippen molar-refractivity contribution in [3.05, 3.63) is 59.2 Å². The van der Waals surface area contributed by atoms with Crippen molar-refractivity contribution in [1.82, 2.24) is 9.80 Å². The summed E-state index contributed by atoms with van der Waals surface area (Å²) in [6.45, 7) is 6.16. The number of rotatable bonds is 13. The van der Waals surface area contributed by atoms with Crippen LogP contribution in [0.25, 0.3) is 0 Å². The number of hydrogen-bond acceptors (Lipinski definition) is 6. The van der Waals surface area contributed by atoms with E-state index in [1.807, 2.05) is 6.07 Å². The molecular formula is C38H50N2O5. The first kappa shape index (κ1) is 30.7. The lowest BCUT2D eigenvalue weighted by atomic mass is 9.51. The fourth-order valence-corrected chi connectivity index (χ4v) is 9.62. The van der Waals surface area contributed by atoms with Gasteiger partial charge in [0.2, 0.25) is 5.91 Å². The van der Waals surface area contributed by atoms with Crippen molar-refractivity contribution >= 4 is 11.9 Å². The summed E-state index contributed by atoms with van der Waals surface area (Å²) in [4.78, 5) is 30.7. The number of aryl methyl sites for hydroxylation is 1. The summed E-state index contributed by atoms with van der Waals surface area (Å²) in [6.07, 6.45) is 11.8. The first-order chi connectivity index (χ1) is 21.9. The molecule has 242 valence electrons. The summed E-state index contributed by atoms with van der Waals surface area (Å²) < 4.78 is 12.7. The maximum Gasteiger partial charge on any atom is 0.308 e. The molecule has 5 aliphatic rings. The normalized spacial score (nSPS) is 30.7. The Bertz CT molecular complexity index is 1400. The molecule has 7 nitrogen and oxygen atoms in total. The first-order valence-electron chi connectivity index (χ1n) is 17.7. The van der Waals surface area contributed by atoms with Gasteiger partial charge in [0.05, 0.1) is 12.1 Å². The van der Waals surface area contributed by atoms with Crippen LogP contribution >= 0.6 is 0 Å². The van der Waals surface area contributed by atoms with Crippen molar-refractivity contribution in [3.8, 4) is 11.5 Å². The van der Waals surface area contributed by atoms with E-state index in [1.165, 1.54) is 42.9 Å². The van der Waals surface area contributed by atoms with Crippen LogP contribution in [-0.4, -0.2) is 70.7 Å². The number of hydrogen-bond donors (Lipinski definition) is 1. The molecule has 2 bridgehead atoms. The van der Waals surface area contributed by atoms with E-state index in [1.54, 1.807) is 0 Å². The van der Waals surface area contributed by atoms with Gasteiger partial charge < -0.3 is 19.5 Å². The highest BCUT2D eigenvalue weighted by Gasteiger charge is 2.67. The molecule has 3 aliphatic carbocycles. The summed E-state index contributed by atoms with van der Waals surface area (Å²) in [6, 6.07) is 15.2. The standard InChI is InChI=1S/C38H50N2O5/c1-3-40(34(43)15-11-6-4-5-8-12-26-13-9-7-10-14-26)30-18-17-29-31-22-27-16-19-33(44-25(2)41)36-35(27)38(29,37(30)45-36)20-21-39(31)24-28-23-32(28)42/h7,9-10,13-14,16,19,28-32,37,42H,3-6,8,11-12,15,17-18,20-24H2,1-2H3/t28?,29-,30+,31+,32?,37-,38-/m0/s1. The molecule has 2 heterocycles. The largest absolute Gasteiger partial charge is 0.483 e. The number of nitrogens with zero attached hydrogens (tertiary/aromatic N) is 2. The average molecular weight is 615 g/mol. The van der Waals surface area contributed by atoms with E-state index < -0.39 is 0 Å². The van der Waals surface area contributed by atoms with Crippen LogP contribution < -0.4 is 9.47 Å². The zero-order valence-electron chi connectivity index (χ0n) is 27.1. The molecular weight excluding hydrogens is 564 g/mol. The zero-order valence-corrected chi connectivity index (χ0v) is 27.1. The number of likely N-dealkylation sites (tertiary alicyclic amines) is 1. The van der Waals surface area contributed by atoms with E-state index in [9.17, 15) is 14.7 Å². The van der Waals surface area contributed by atoms with Crippen molar-refractivity contribution in [2.45, 2.75) is 121 Å². The molecule has 7 rings (SSSR count). The Labute approximate surface area is 268 Å². The minimum atomic E-state index is -0.341. The minimum absolute atomic E-state index is 0.00519. The molecule has 0 aromatic heterocycles. The predicted molar refractivity (Wildman–Crippen MR) is 173 cm³/mol. The quantitative estimate of drug-likeness (QED) is 0.174. The predicted octanol–water partition coefficient (Wildman–Crippen LogP) is 5.83. The number of unbranched alkanes of at least 4 members (excludes halogenated alkanes) is 4. The summed E-state index contributed by atoms with van der Waals surface area (Å²) in [7, 11) is 0. The van der Waals surface area contributed by atoms with Crippen LogP contribution in [0.5, 0.6) is 11.5 Å². The summed E-state index contributed by atoms with van der Waals surface area (Å²) in [5.74, 6) is 1.99. The molecule has 2 aromatic carbocycles. The molecule has 1 N–H and O–H groups in total. The molecule has 2 aliphatic heterocycles. The third-order valence-electron chi connectivity index (χ3n) is 11.8. The van der Waals surface area contributed by atoms with Crippen molar-refractivity contribution in [1.29, 1.82) is 0 Å². The van der Waals surface area contributed by atoms with Crippen LogP contribution in [0.3, 0.4) is 0 Å². The lowest BCUT2D eigenvalue weighted by Gasteiger charge is -2.60. The molecule has 0 radical (unpaired) electrons. The monoisotopic (exact) mass is 614 g/mol. The third-order valence-corrected chi connectivity index (χ3v) is 11.8. The van der Waals surface area contributed by atoms with Gasteiger partial charge in [-0.1, -0.05) is 55.7 Å². The number of carbonyl (C=O) groups is 2. The SMILES string of the molecule is CCN(C(=O)CCCCCCCc1ccccc1)[C@@H]1CC[C@H]2[C@H]3Cc4ccc(OC(C)=O)c5c4[C@@]2(CCN3CC2CC2O)[C@H]1O5. The van der Waals surface area contributed by atoms with Crippen LogP contribution in [-0.2, 0) is 27.8 Å². The van der Waals surface area contributed by atoms with Crippen LogP contribution in [0.15, 0.2) is 42.5 Å². The Morgan fingerprint density at radius 3 is 2.60 bits per heavy atom. The van der Waals surface area contributed by atoms with Gasteiger partial charge in [0.15, 0.2) is 11.5 Å². The molecule has 1 spiro atoms. The average Bonchev–Trinajstić information content (AvgIpc) is 3.61. The van der Waals surface area contributed by atoms with Gasteiger partial charge in [-0.05, 0) is 87.9 Å². The van der Waals surface area contributed by atoms with Crippen molar-refractivity contribution in [2.24, 2.45) is 11.8 Å². The van der Waals surface area contributed by atoms with Gasteiger partial charge in [0.1, 0.15) is 6.10 Å². The molecule has 7 heteroatoms. The maximum atomic E-state index is 13.8. The topological polar surface area (TPSA) is 79.3 Å². The minimum Gasteiger partial charge on any atom is -0.483 e. The lowest BCUT2D eigenvalue weighted by Crippen LogP contribution is -2.69. The molecule has 2 unspecified atom stereocenters. The third kappa shape index (κ3) is 5.69. The van der Waals surface area contributed by atoms with Gasteiger partial charge >= 0.3 is 5.97 Å². The molecule has 2 saturated carbocycles. The van der Waals surface area contributed by atoms with Gasteiger partial charge in [-0.25, -0.2) is 0 Å². The van der Waals surface area contributed by atoms with Crippen LogP contribution in [0.2, 0.25) is 0 Å². The van der Waals surface area contributed by atoms with Gasteiger partial charge in [-0.2, -0.15) is 0 Å². The van der Waals surface area contributed by atoms with Crippen LogP contribution in [0.4, 0.5) is 0 Å². The zero-order chi connectivity index (χ0) is 31.1. The fourth-order valence-electron chi connectivity index (χ4n) is 9.62.